The van der Waals surface area contributed by atoms with Gasteiger partial charge in [-0.2, -0.15) is 0 Å². The summed E-state index contributed by atoms with van der Waals surface area (Å²) in [6, 6.07) is -0.653. The number of carboxylic acids is 1. The van der Waals surface area contributed by atoms with Crippen LogP contribution < -0.4 is 5.32 Å². The lowest BCUT2D eigenvalue weighted by Crippen LogP contribution is -2.42. The van der Waals surface area contributed by atoms with Gasteiger partial charge in [0.15, 0.2) is 0 Å². The number of likely N-dealkylation sites (N-methyl/N-ethyl adjacent to an activating group) is 1. The van der Waals surface area contributed by atoms with E-state index in [0.29, 0.717) is 6.54 Å². The summed E-state index contributed by atoms with van der Waals surface area (Å²) in [6.07, 6.45) is 6.63. The second kappa shape index (κ2) is 4.61. The summed E-state index contributed by atoms with van der Waals surface area (Å²) in [5.41, 5.74) is 0.969. The average molecular weight is 236 g/mol. The quantitative estimate of drug-likeness (QED) is 0.726. The Morgan fingerprint density at radius 2 is 2.41 bits per heavy atom. The van der Waals surface area contributed by atoms with Crippen LogP contribution >= 0.6 is 0 Å². The fraction of sp³-hybridized carbons (Fsp3) is 0.500. The van der Waals surface area contributed by atoms with Crippen molar-refractivity contribution in [3.05, 3.63) is 23.9 Å². The van der Waals surface area contributed by atoms with E-state index in [9.17, 15) is 9.59 Å². The first-order valence-corrected chi connectivity index (χ1v) is 5.68. The van der Waals surface area contributed by atoms with E-state index in [0.717, 1.165) is 12.1 Å². The standard InChI is InChI=1S/C12H16N2O3/c1-14-7-8-4-2-3-5-9(8)13-10(12(14)17)6-11(15)16/h2-3,5,8,10,13H,4,6-7H2,1H3,(H,15,16). The lowest BCUT2D eigenvalue weighted by Gasteiger charge is -2.21. The molecule has 5 heteroatoms. The van der Waals surface area contributed by atoms with Crippen LogP contribution in [0.15, 0.2) is 23.9 Å². The van der Waals surface area contributed by atoms with E-state index < -0.39 is 12.0 Å². The summed E-state index contributed by atoms with van der Waals surface area (Å²) in [5.74, 6) is -0.856. The van der Waals surface area contributed by atoms with Crippen LogP contribution in [0.4, 0.5) is 0 Å². The Morgan fingerprint density at radius 1 is 1.65 bits per heavy atom. The van der Waals surface area contributed by atoms with Gasteiger partial charge < -0.3 is 15.3 Å². The number of allylic oxidation sites excluding steroid dienone is 3. The maximum Gasteiger partial charge on any atom is 0.305 e. The molecule has 2 N–H and O–H groups in total. The van der Waals surface area contributed by atoms with Crippen molar-refractivity contribution in [2.45, 2.75) is 18.9 Å². The summed E-state index contributed by atoms with van der Waals surface area (Å²) in [7, 11) is 1.72. The Morgan fingerprint density at radius 3 is 3.12 bits per heavy atom. The lowest BCUT2D eigenvalue weighted by atomic mass is 9.96. The topological polar surface area (TPSA) is 69.6 Å². The minimum Gasteiger partial charge on any atom is -0.481 e. The minimum absolute atomic E-state index is 0.150. The second-order valence-corrected chi connectivity index (χ2v) is 4.50. The van der Waals surface area contributed by atoms with Gasteiger partial charge in [-0.3, -0.25) is 9.59 Å². The highest BCUT2D eigenvalue weighted by Gasteiger charge is 2.32. The molecule has 0 spiro atoms. The van der Waals surface area contributed by atoms with Gasteiger partial charge in [0.05, 0.1) is 6.42 Å². The van der Waals surface area contributed by atoms with Gasteiger partial charge >= 0.3 is 5.97 Å². The summed E-state index contributed by atoms with van der Waals surface area (Å²) in [4.78, 5) is 24.3. The third kappa shape index (κ3) is 2.49. The van der Waals surface area contributed by atoms with Gasteiger partial charge in [0.2, 0.25) is 5.91 Å². The first kappa shape index (κ1) is 11.7. The summed E-state index contributed by atoms with van der Waals surface area (Å²) < 4.78 is 0. The Labute approximate surface area is 99.8 Å². The number of fused-ring (bicyclic) bond motifs is 1. The van der Waals surface area contributed by atoms with Crippen molar-refractivity contribution < 1.29 is 14.7 Å². The molecule has 17 heavy (non-hydrogen) atoms. The van der Waals surface area contributed by atoms with Gasteiger partial charge in [0, 0.05) is 25.2 Å². The predicted molar refractivity (Wildman–Crippen MR) is 62.1 cm³/mol. The molecule has 0 aromatic heterocycles. The molecule has 1 amide bonds. The van der Waals surface area contributed by atoms with Gasteiger partial charge in [-0.15, -0.1) is 0 Å². The number of carbonyl (C=O) groups is 2. The van der Waals surface area contributed by atoms with E-state index in [-0.39, 0.29) is 18.2 Å². The number of aliphatic carboxylic acids is 1. The van der Waals surface area contributed by atoms with Crippen LogP contribution in [0, 0.1) is 5.92 Å². The summed E-state index contributed by atoms with van der Waals surface area (Å²) >= 11 is 0. The van der Waals surface area contributed by atoms with Crippen LogP contribution in [0.3, 0.4) is 0 Å². The van der Waals surface area contributed by atoms with Gasteiger partial charge in [-0.25, -0.2) is 0 Å². The molecule has 2 unspecified atom stereocenters. The van der Waals surface area contributed by atoms with Gasteiger partial charge in [-0.1, -0.05) is 12.2 Å². The molecule has 2 rings (SSSR count). The molecule has 1 heterocycles. The van der Waals surface area contributed by atoms with Crippen molar-refractivity contribution in [3.8, 4) is 0 Å². The van der Waals surface area contributed by atoms with Crippen LogP contribution in [0.2, 0.25) is 0 Å². The number of carboxylic acid groups (broad SMARTS) is 1. The highest BCUT2D eigenvalue weighted by Crippen LogP contribution is 2.23. The zero-order valence-corrected chi connectivity index (χ0v) is 9.72. The van der Waals surface area contributed by atoms with E-state index in [1.807, 2.05) is 12.2 Å². The van der Waals surface area contributed by atoms with Crippen molar-refractivity contribution >= 4 is 11.9 Å². The lowest BCUT2D eigenvalue weighted by molar-refractivity contribution is -0.141. The fourth-order valence-corrected chi connectivity index (χ4v) is 2.28. The Hall–Kier alpha value is -1.78. The van der Waals surface area contributed by atoms with E-state index in [1.54, 1.807) is 11.9 Å². The Balaban J connectivity index is 2.21. The second-order valence-electron chi connectivity index (χ2n) is 4.50. The molecule has 2 aliphatic rings. The first-order valence-electron chi connectivity index (χ1n) is 5.68. The van der Waals surface area contributed by atoms with Crippen LogP contribution in [0.5, 0.6) is 0 Å². The molecule has 2 atom stereocenters. The average Bonchev–Trinajstić information content (AvgIpc) is 2.38. The maximum atomic E-state index is 12.0. The number of nitrogens with zero attached hydrogens (tertiary/aromatic N) is 1. The SMILES string of the molecule is CN1CC2CC=CC=C2NC(CC(=O)O)C1=O. The van der Waals surface area contributed by atoms with E-state index in [4.69, 9.17) is 5.11 Å². The molecule has 0 radical (unpaired) electrons. The number of nitrogens with one attached hydrogen (secondary N) is 1. The number of rotatable bonds is 2. The van der Waals surface area contributed by atoms with E-state index in [2.05, 4.69) is 11.4 Å². The van der Waals surface area contributed by atoms with Crippen molar-refractivity contribution in [3.63, 3.8) is 0 Å². The molecule has 0 aromatic rings. The van der Waals surface area contributed by atoms with Gasteiger partial charge in [0.25, 0.3) is 0 Å². The molecule has 0 aromatic carbocycles. The zero-order chi connectivity index (χ0) is 12.4. The monoisotopic (exact) mass is 236 g/mol. The van der Waals surface area contributed by atoms with Crippen LogP contribution in [0.1, 0.15) is 12.8 Å². The highest BCUT2D eigenvalue weighted by atomic mass is 16.4. The molecular weight excluding hydrogens is 220 g/mol. The normalized spacial score (nSPS) is 27.9. The van der Waals surface area contributed by atoms with Crippen molar-refractivity contribution in [2.75, 3.05) is 13.6 Å². The minimum atomic E-state index is -0.963. The highest BCUT2D eigenvalue weighted by molar-refractivity contribution is 5.86. The Bertz CT molecular complexity index is 401. The van der Waals surface area contributed by atoms with Crippen LogP contribution in [-0.4, -0.2) is 41.5 Å². The number of carbonyl (C=O) groups excluding carboxylic acids is 1. The smallest absolute Gasteiger partial charge is 0.305 e. The van der Waals surface area contributed by atoms with E-state index in [1.165, 1.54) is 0 Å². The molecule has 0 saturated carbocycles. The molecule has 5 nitrogen and oxygen atoms in total. The van der Waals surface area contributed by atoms with Crippen molar-refractivity contribution in [1.29, 1.82) is 0 Å². The fourth-order valence-electron chi connectivity index (χ4n) is 2.28. The number of hydrogen-bond donors (Lipinski definition) is 2. The van der Waals surface area contributed by atoms with Crippen molar-refractivity contribution in [1.82, 2.24) is 10.2 Å². The molecule has 1 aliphatic carbocycles. The van der Waals surface area contributed by atoms with Crippen LogP contribution in [-0.2, 0) is 9.59 Å². The van der Waals surface area contributed by atoms with Gasteiger partial charge in [-0.05, 0) is 12.5 Å². The molecule has 0 bridgehead atoms. The van der Waals surface area contributed by atoms with Crippen LogP contribution in [0.25, 0.3) is 0 Å². The Kier molecular flexibility index (Phi) is 3.17. The third-order valence-corrected chi connectivity index (χ3v) is 3.16. The van der Waals surface area contributed by atoms with E-state index >= 15 is 0 Å². The molecule has 1 aliphatic heterocycles. The summed E-state index contributed by atoms with van der Waals surface area (Å²) in [6.45, 7) is 0.637. The third-order valence-electron chi connectivity index (χ3n) is 3.16. The summed E-state index contributed by atoms with van der Waals surface area (Å²) in [5, 5.41) is 11.9. The zero-order valence-electron chi connectivity index (χ0n) is 9.72. The molecular formula is C12H16N2O3. The maximum absolute atomic E-state index is 12.0. The predicted octanol–water partition coefficient (Wildman–Crippen LogP) is 0.351. The first-order chi connectivity index (χ1) is 8.08. The number of hydrogen-bond acceptors (Lipinski definition) is 3. The molecule has 1 fully saturated rings. The molecule has 92 valence electrons. The van der Waals surface area contributed by atoms with Gasteiger partial charge in [0.1, 0.15) is 6.04 Å². The molecule has 1 saturated heterocycles. The van der Waals surface area contributed by atoms with Crippen molar-refractivity contribution in [2.24, 2.45) is 5.92 Å². The number of amides is 1. The largest absolute Gasteiger partial charge is 0.481 e.